The standard InChI is InChI=1S/C17H25NO4/c1-12(2)18-15(19)10-22-16(20)11-21-14-9-7-6-8-13(14)17(3,4)5/h6-9,12H,10-11H2,1-5H3,(H,18,19). The van der Waals surface area contributed by atoms with Gasteiger partial charge in [-0.25, -0.2) is 4.79 Å². The summed E-state index contributed by atoms with van der Waals surface area (Å²) in [5.74, 6) is -0.236. The number of ether oxygens (including phenoxy) is 2. The maximum Gasteiger partial charge on any atom is 0.344 e. The van der Waals surface area contributed by atoms with Gasteiger partial charge in [0.15, 0.2) is 13.2 Å². The molecule has 122 valence electrons. The summed E-state index contributed by atoms with van der Waals surface area (Å²) in [6.45, 7) is 9.39. The predicted molar refractivity (Wildman–Crippen MR) is 84.9 cm³/mol. The van der Waals surface area contributed by atoms with E-state index in [9.17, 15) is 9.59 Å². The Morgan fingerprint density at radius 2 is 1.77 bits per heavy atom. The molecule has 0 spiro atoms. The van der Waals surface area contributed by atoms with E-state index in [0.29, 0.717) is 5.75 Å². The van der Waals surface area contributed by atoms with Gasteiger partial charge in [0, 0.05) is 6.04 Å². The van der Waals surface area contributed by atoms with Crippen LogP contribution in [-0.2, 0) is 19.7 Å². The van der Waals surface area contributed by atoms with Crippen molar-refractivity contribution in [1.82, 2.24) is 5.32 Å². The van der Waals surface area contributed by atoms with Crippen LogP contribution in [0.2, 0.25) is 0 Å². The maximum absolute atomic E-state index is 11.6. The SMILES string of the molecule is CC(C)NC(=O)COC(=O)COc1ccccc1C(C)(C)C. The van der Waals surface area contributed by atoms with Crippen molar-refractivity contribution < 1.29 is 19.1 Å². The number of benzene rings is 1. The zero-order valence-corrected chi connectivity index (χ0v) is 13.9. The fourth-order valence-corrected chi connectivity index (χ4v) is 1.90. The number of hydrogen-bond acceptors (Lipinski definition) is 4. The highest BCUT2D eigenvalue weighted by atomic mass is 16.6. The van der Waals surface area contributed by atoms with E-state index < -0.39 is 5.97 Å². The zero-order chi connectivity index (χ0) is 16.8. The third-order valence-electron chi connectivity index (χ3n) is 2.85. The second kappa shape index (κ2) is 7.82. The Morgan fingerprint density at radius 3 is 2.36 bits per heavy atom. The van der Waals surface area contributed by atoms with Gasteiger partial charge < -0.3 is 14.8 Å². The molecule has 5 heteroatoms. The highest BCUT2D eigenvalue weighted by molar-refractivity contribution is 5.81. The van der Waals surface area contributed by atoms with Crippen LogP contribution in [-0.4, -0.2) is 31.1 Å². The Morgan fingerprint density at radius 1 is 1.14 bits per heavy atom. The summed E-state index contributed by atoms with van der Waals surface area (Å²) >= 11 is 0. The average molecular weight is 307 g/mol. The van der Waals surface area contributed by atoms with Gasteiger partial charge in [-0.1, -0.05) is 39.0 Å². The lowest BCUT2D eigenvalue weighted by atomic mass is 9.86. The molecule has 0 atom stereocenters. The molecule has 0 fully saturated rings. The highest BCUT2D eigenvalue weighted by Crippen LogP contribution is 2.30. The molecule has 0 aliphatic rings. The van der Waals surface area contributed by atoms with Gasteiger partial charge in [0.25, 0.3) is 5.91 Å². The number of esters is 1. The van der Waals surface area contributed by atoms with Crippen LogP contribution in [0.25, 0.3) is 0 Å². The minimum Gasteiger partial charge on any atom is -0.482 e. The lowest BCUT2D eigenvalue weighted by Crippen LogP contribution is -2.34. The largest absolute Gasteiger partial charge is 0.482 e. The Hall–Kier alpha value is -2.04. The van der Waals surface area contributed by atoms with Gasteiger partial charge in [-0.15, -0.1) is 0 Å². The van der Waals surface area contributed by atoms with Crippen LogP contribution in [0, 0.1) is 0 Å². The number of rotatable bonds is 6. The Labute approximate surface area is 132 Å². The average Bonchev–Trinajstić information content (AvgIpc) is 2.41. The summed E-state index contributed by atoms with van der Waals surface area (Å²) in [6.07, 6.45) is 0. The predicted octanol–water partition coefficient (Wildman–Crippen LogP) is 2.43. The fraction of sp³-hybridized carbons (Fsp3) is 0.529. The van der Waals surface area contributed by atoms with E-state index in [2.05, 4.69) is 26.1 Å². The normalized spacial score (nSPS) is 11.2. The first-order chi connectivity index (χ1) is 10.2. The molecule has 0 saturated heterocycles. The molecule has 22 heavy (non-hydrogen) atoms. The van der Waals surface area contributed by atoms with Crippen LogP contribution in [0.15, 0.2) is 24.3 Å². The minimum absolute atomic E-state index is 0.0149. The molecular weight excluding hydrogens is 282 g/mol. The van der Waals surface area contributed by atoms with Gasteiger partial charge >= 0.3 is 5.97 Å². The van der Waals surface area contributed by atoms with E-state index in [1.54, 1.807) is 0 Å². The molecule has 1 aromatic rings. The molecule has 0 heterocycles. The molecule has 0 unspecified atom stereocenters. The number of para-hydroxylation sites is 1. The van der Waals surface area contributed by atoms with Crippen molar-refractivity contribution in [2.45, 2.75) is 46.1 Å². The van der Waals surface area contributed by atoms with E-state index in [1.807, 2.05) is 38.1 Å². The Balaban J connectivity index is 2.50. The molecule has 5 nitrogen and oxygen atoms in total. The smallest absolute Gasteiger partial charge is 0.344 e. The van der Waals surface area contributed by atoms with Gasteiger partial charge in [-0.2, -0.15) is 0 Å². The lowest BCUT2D eigenvalue weighted by Gasteiger charge is -2.22. The first-order valence-corrected chi connectivity index (χ1v) is 7.37. The lowest BCUT2D eigenvalue weighted by molar-refractivity contribution is -0.150. The van der Waals surface area contributed by atoms with Crippen LogP contribution >= 0.6 is 0 Å². The van der Waals surface area contributed by atoms with Gasteiger partial charge in [0.1, 0.15) is 5.75 Å². The Kier molecular flexibility index (Phi) is 6.40. The number of nitrogens with one attached hydrogen (secondary N) is 1. The number of carbonyl (C=O) groups excluding carboxylic acids is 2. The number of amides is 1. The summed E-state index contributed by atoms with van der Waals surface area (Å²) in [7, 11) is 0. The maximum atomic E-state index is 11.6. The van der Waals surface area contributed by atoms with Crippen LogP contribution < -0.4 is 10.1 Å². The van der Waals surface area contributed by atoms with E-state index in [4.69, 9.17) is 9.47 Å². The molecule has 1 N–H and O–H groups in total. The van der Waals surface area contributed by atoms with E-state index in [0.717, 1.165) is 5.56 Å². The van der Waals surface area contributed by atoms with Crippen molar-refractivity contribution in [2.75, 3.05) is 13.2 Å². The van der Waals surface area contributed by atoms with E-state index in [1.165, 1.54) is 0 Å². The van der Waals surface area contributed by atoms with Crippen molar-refractivity contribution in [3.05, 3.63) is 29.8 Å². The Bertz CT molecular complexity index is 518. The van der Waals surface area contributed by atoms with Crippen LogP contribution in [0.5, 0.6) is 5.75 Å². The third-order valence-corrected chi connectivity index (χ3v) is 2.85. The van der Waals surface area contributed by atoms with Gasteiger partial charge in [0.05, 0.1) is 0 Å². The second-order valence-electron chi connectivity index (χ2n) is 6.42. The van der Waals surface area contributed by atoms with Crippen molar-refractivity contribution in [1.29, 1.82) is 0 Å². The molecule has 0 aliphatic carbocycles. The summed E-state index contributed by atoms with van der Waals surface area (Å²) < 4.78 is 10.4. The summed E-state index contributed by atoms with van der Waals surface area (Å²) in [4.78, 5) is 23.0. The summed E-state index contributed by atoms with van der Waals surface area (Å²) in [5.41, 5.74) is 0.929. The molecule has 0 radical (unpaired) electrons. The molecule has 0 bridgehead atoms. The highest BCUT2D eigenvalue weighted by Gasteiger charge is 2.19. The van der Waals surface area contributed by atoms with E-state index in [-0.39, 0.29) is 30.6 Å². The quantitative estimate of drug-likeness (QED) is 0.820. The number of hydrogen-bond donors (Lipinski definition) is 1. The van der Waals surface area contributed by atoms with Crippen LogP contribution in [0.4, 0.5) is 0 Å². The monoisotopic (exact) mass is 307 g/mol. The molecular formula is C17H25NO4. The van der Waals surface area contributed by atoms with Crippen molar-refractivity contribution in [3.8, 4) is 5.75 Å². The first-order valence-electron chi connectivity index (χ1n) is 7.37. The van der Waals surface area contributed by atoms with Crippen molar-refractivity contribution in [3.63, 3.8) is 0 Å². The van der Waals surface area contributed by atoms with Crippen LogP contribution in [0.1, 0.15) is 40.2 Å². The second-order valence-corrected chi connectivity index (χ2v) is 6.42. The zero-order valence-electron chi connectivity index (χ0n) is 13.9. The van der Waals surface area contributed by atoms with Gasteiger partial charge in [-0.3, -0.25) is 4.79 Å². The van der Waals surface area contributed by atoms with E-state index >= 15 is 0 Å². The fourth-order valence-electron chi connectivity index (χ4n) is 1.90. The molecule has 0 aromatic heterocycles. The van der Waals surface area contributed by atoms with Crippen molar-refractivity contribution >= 4 is 11.9 Å². The third kappa shape index (κ3) is 6.16. The molecule has 1 rings (SSSR count). The summed E-state index contributed by atoms with van der Waals surface area (Å²) in [6, 6.07) is 7.59. The van der Waals surface area contributed by atoms with Crippen molar-refractivity contribution in [2.24, 2.45) is 0 Å². The topological polar surface area (TPSA) is 64.6 Å². The molecule has 0 aliphatic heterocycles. The number of carbonyl (C=O) groups is 2. The molecule has 1 amide bonds. The molecule has 0 saturated carbocycles. The summed E-state index contributed by atoms with van der Waals surface area (Å²) in [5, 5.41) is 2.64. The first kappa shape index (κ1) is 18.0. The minimum atomic E-state index is -0.567. The van der Waals surface area contributed by atoms with Crippen LogP contribution in [0.3, 0.4) is 0 Å². The van der Waals surface area contributed by atoms with Gasteiger partial charge in [-0.05, 0) is 30.9 Å². The molecule has 1 aromatic carbocycles. The van der Waals surface area contributed by atoms with Gasteiger partial charge in [0.2, 0.25) is 0 Å².